The summed E-state index contributed by atoms with van der Waals surface area (Å²) < 4.78 is 86.2. The third-order valence-electron chi connectivity index (χ3n) is 3.96. The molecular formula is C18H15F5INO4S. The monoisotopic (exact) mass is 563 g/mol. The second-order valence-corrected chi connectivity index (χ2v) is 8.90. The first-order valence-corrected chi connectivity index (χ1v) is 10.7. The van der Waals surface area contributed by atoms with Crippen LogP contribution in [0, 0.1) is 0 Å². The zero-order chi connectivity index (χ0) is 22.7. The Morgan fingerprint density at radius 2 is 1.57 bits per heavy atom. The summed E-state index contributed by atoms with van der Waals surface area (Å²) in [5.74, 6) is -0.880. The molecule has 0 unspecified atom stereocenters. The third-order valence-corrected chi connectivity index (χ3v) is 5.43. The molecule has 1 amide bonds. The standard InChI is InChI=1S/C18H15F5INO4S/c1-25(16(26)13-4-8-15(9-5-13)30(23,27)28)11-10-12-2-6-14(7-3-12)29-18(21,22)17(19,20)24/h2-9H,10-11H2,1H3. The SMILES string of the molecule is CN(CCc1ccc(OC(F)(F)C(F)(F)I)cc1)C(=O)c1ccc(S(=O)(=O)F)cc1. The van der Waals surface area contributed by atoms with Crippen LogP contribution in [0.5, 0.6) is 5.75 Å². The lowest BCUT2D eigenvalue weighted by Crippen LogP contribution is -2.40. The summed E-state index contributed by atoms with van der Waals surface area (Å²) in [5, 5.41) is 0. The van der Waals surface area contributed by atoms with Crippen molar-refractivity contribution in [3.05, 3.63) is 59.7 Å². The highest BCUT2D eigenvalue weighted by atomic mass is 127. The van der Waals surface area contributed by atoms with Gasteiger partial charge in [-0.3, -0.25) is 4.79 Å². The van der Waals surface area contributed by atoms with E-state index in [9.17, 15) is 34.7 Å². The van der Waals surface area contributed by atoms with Gasteiger partial charge >= 0.3 is 20.3 Å². The molecule has 2 aromatic rings. The number of halogens is 6. The number of rotatable bonds is 8. The fourth-order valence-electron chi connectivity index (χ4n) is 2.31. The summed E-state index contributed by atoms with van der Waals surface area (Å²) in [5.41, 5.74) is 0.779. The smallest absolute Gasteiger partial charge is 0.427 e. The Morgan fingerprint density at radius 1 is 1.03 bits per heavy atom. The fourth-order valence-corrected chi connectivity index (χ4v) is 2.88. The van der Waals surface area contributed by atoms with Gasteiger partial charge in [-0.2, -0.15) is 26.0 Å². The van der Waals surface area contributed by atoms with Crippen molar-refractivity contribution in [2.75, 3.05) is 13.6 Å². The van der Waals surface area contributed by atoms with Gasteiger partial charge in [-0.15, -0.1) is 3.89 Å². The summed E-state index contributed by atoms with van der Waals surface area (Å²) in [4.78, 5) is 13.1. The minimum absolute atomic E-state index is 0.149. The van der Waals surface area contributed by atoms with Gasteiger partial charge in [0.05, 0.1) is 4.90 Å². The van der Waals surface area contributed by atoms with E-state index in [-0.39, 0.29) is 12.1 Å². The number of ether oxygens (including phenoxy) is 1. The number of carbonyl (C=O) groups is 1. The molecule has 0 fully saturated rings. The number of nitrogens with zero attached hydrogens (tertiary/aromatic N) is 1. The van der Waals surface area contributed by atoms with Crippen molar-refractivity contribution >= 4 is 38.7 Å². The average Bonchev–Trinajstić information content (AvgIpc) is 2.65. The summed E-state index contributed by atoms with van der Waals surface area (Å²) in [6.07, 6.45) is -4.35. The van der Waals surface area contributed by atoms with Crippen LogP contribution in [0.3, 0.4) is 0 Å². The van der Waals surface area contributed by atoms with Crippen molar-refractivity contribution in [1.29, 1.82) is 0 Å². The number of alkyl halides is 5. The number of amides is 1. The summed E-state index contributed by atoms with van der Waals surface area (Å²) in [7, 11) is -3.37. The highest BCUT2D eigenvalue weighted by Gasteiger charge is 2.57. The van der Waals surface area contributed by atoms with E-state index in [2.05, 4.69) is 4.74 Å². The highest BCUT2D eigenvalue weighted by molar-refractivity contribution is 14.1. The van der Waals surface area contributed by atoms with Crippen LogP contribution in [0.4, 0.5) is 21.4 Å². The van der Waals surface area contributed by atoms with E-state index in [0.29, 0.717) is 34.6 Å². The number of carbonyl (C=O) groups excluding carboxylic acids is 1. The number of likely N-dealkylation sites (N-methyl/N-ethyl adjacent to an activating group) is 1. The molecule has 0 saturated heterocycles. The predicted octanol–water partition coefficient (Wildman–Crippen LogP) is 4.66. The Balaban J connectivity index is 1.96. The Kier molecular flexibility index (Phi) is 7.32. The molecule has 0 aliphatic heterocycles. The van der Waals surface area contributed by atoms with Gasteiger partial charge in [-0.1, -0.05) is 12.1 Å². The molecule has 0 bridgehead atoms. The molecule has 0 aromatic heterocycles. The average molecular weight is 563 g/mol. The van der Waals surface area contributed by atoms with Gasteiger partial charge in [0.25, 0.3) is 5.91 Å². The van der Waals surface area contributed by atoms with Gasteiger partial charge in [0.15, 0.2) is 0 Å². The van der Waals surface area contributed by atoms with Crippen LogP contribution in [0.2, 0.25) is 0 Å². The fraction of sp³-hybridized carbons (Fsp3) is 0.278. The van der Waals surface area contributed by atoms with Gasteiger partial charge in [-0.05, 0) is 48.4 Å². The topological polar surface area (TPSA) is 63.7 Å². The summed E-state index contributed by atoms with van der Waals surface area (Å²) in [6.45, 7) is 0.212. The molecule has 2 rings (SSSR count). The molecule has 0 atom stereocenters. The van der Waals surface area contributed by atoms with Crippen LogP contribution < -0.4 is 4.74 Å². The second-order valence-electron chi connectivity index (χ2n) is 6.20. The van der Waals surface area contributed by atoms with E-state index in [0.717, 1.165) is 24.3 Å². The predicted molar refractivity (Wildman–Crippen MR) is 106 cm³/mol. The third kappa shape index (κ3) is 6.27. The highest BCUT2D eigenvalue weighted by Crippen LogP contribution is 2.41. The van der Waals surface area contributed by atoms with Crippen LogP contribution in [0.15, 0.2) is 53.4 Å². The lowest BCUT2D eigenvalue weighted by molar-refractivity contribution is -0.261. The zero-order valence-electron chi connectivity index (χ0n) is 15.3. The lowest BCUT2D eigenvalue weighted by Gasteiger charge is -2.22. The molecule has 0 heterocycles. The Hall–Kier alpha value is -1.96. The Labute approximate surface area is 183 Å². The van der Waals surface area contributed by atoms with Crippen molar-refractivity contribution in [1.82, 2.24) is 4.90 Å². The molecule has 0 saturated carbocycles. The quantitative estimate of drug-likeness (QED) is 0.203. The van der Waals surface area contributed by atoms with Crippen molar-refractivity contribution in [3.63, 3.8) is 0 Å². The molecule has 0 radical (unpaired) electrons. The molecular weight excluding hydrogens is 548 g/mol. The van der Waals surface area contributed by atoms with E-state index >= 15 is 0 Å². The van der Waals surface area contributed by atoms with E-state index in [4.69, 9.17) is 0 Å². The summed E-state index contributed by atoms with van der Waals surface area (Å²) in [6, 6.07) is 9.34. The first-order valence-electron chi connectivity index (χ1n) is 8.23. The van der Waals surface area contributed by atoms with Gasteiger partial charge in [0, 0.05) is 41.7 Å². The molecule has 0 N–H and O–H groups in total. The van der Waals surface area contributed by atoms with Gasteiger partial charge < -0.3 is 9.64 Å². The molecule has 0 spiro atoms. The Morgan fingerprint density at radius 3 is 2.03 bits per heavy atom. The maximum absolute atomic E-state index is 13.2. The van der Waals surface area contributed by atoms with Crippen LogP contribution in [0.25, 0.3) is 0 Å². The molecule has 0 aliphatic carbocycles. The molecule has 30 heavy (non-hydrogen) atoms. The molecule has 2 aromatic carbocycles. The minimum atomic E-state index is -4.86. The van der Waals surface area contributed by atoms with Crippen molar-refractivity contribution in [2.24, 2.45) is 0 Å². The largest absolute Gasteiger partial charge is 0.474 e. The van der Waals surface area contributed by atoms with E-state index in [1.54, 1.807) is 0 Å². The minimum Gasteiger partial charge on any atom is -0.427 e. The van der Waals surface area contributed by atoms with Crippen molar-refractivity contribution in [2.45, 2.75) is 21.4 Å². The van der Waals surface area contributed by atoms with Gasteiger partial charge in [-0.25, -0.2) is 0 Å². The van der Waals surface area contributed by atoms with E-state index < -0.39 is 36.8 Å². The first kappa shape index (κ1) is 24.3. The summed E-state index contributed by atoms with van der Waals surface area (Å²) >= 11 is 0.296. The normalized spacial score (nSPS) is 12.5. The molecule has 5 nitrogen and oxygen atoms in total. The van der Waals surface area contributed by atoms with Crippen molar-refractivity contribution in [3.8, 4) is 5.75 Å². The van der Waals surface area contributed by atoms with Crippen LogP contribution in [-0.4, -0.2) is 42.9 Å². The first-order chi connectivity index (χ1) is 13.7. The van der Waals surface area contributed by atoms with E-state index in [1.165, 1.54) is 36.2 Å². The number of benzene rings is 2. The number of hydrogen-bond donors (Lipinski definition) is 0. The lowest BCUT2D eigenvalue weighted by atomic mass is 10.1. The second kappa shape index (κ2) is 9.04. The van der Waals surface area contributed by atoms with Crippen LogP contribution in [0.1, 0.15) is 15.9 Å². The zero-order valence-corrected chi connectivity index (χ0v) is 18.3. The molecule has 12 heteroatoms. The maximum atomic E-state index is 13.2. The van der Waals surface area contributed by atoms with Crippen LogP contribution >= 0.6 is 22.6 Å². The Bertz CT molecular complexity index is 993. The molecule has 164 valence electrons. The number of hydrogen-bond acceptors (Lipinski definition) is 4. The van der Waals surface area contributed by atoms with E-state index in [1.807, 2.05) is 0 Å². The van der Waals surface area contributed by atoms with Crippen LogP contribution in [-0.2, 0) is 16.6 Å². The van der Waals surface area contributed by atoms with Gasteiger partial charge in [0.2, 0.25) is 0 Å². The van der Waals surface area contributed by atoms with Crippen molar-refractivity contribution < 1.29 is 39.4 Å². The maximum Gasteiger partial charge on any atom is 0.474 e. The molecule has 0 aliphatic rings. The van der Waals surface area contributed by atoms with Gasteiger partial charge in [0.1, 0.15) is 5.75 Å².